The Morgan fingerprint density at radius 2 is 1.46 bits per heavy atom. The highest BCUT2D eigenvalue weighted by Gasteiger charge is 2.12. The van der Waals surface area contributed by atoms with Gasteiger partial charge in [-0.05, 0) is 44.5 Å². The largest absolute Gasteiger partial charge is 0.543 e. The number of hydrogen-bond donors (Lipinski definition) is 0. The van der Waals surface area contributed by atoms with Crippen molar-refractivity contribution >= 4 is 12.1 Å². The minimum atomic E-state index is -1.04. The molecule has 0 spiro atoms. The molecule has 0 heterocycles. The van der Waals surface area contributed by atoms with E-state index < -0.39 is 12.1 Å². The fraction of sp³-hybridized carbons (Fsp3) is 0.619. The van der Waals surface area contributed by atoms with Crippen molar-refractivity contribution in [2.24, 2.45) is 0 Å². The maximum atomic E-state index is 11.8. The van der Waals surface area contributed by atoms with Gasteiger partial charge in [-0.1, -0.05) is 51.9 Å². The molecule has 0 radical (unpaired) electrons. The summed E-state index contributed by atoms with van der Waals surface area (Å²) in [7, 11) is 0. The second kappa shape index (κ2) is 14.7. The molecule has 0 bridgehead atoms. The molecular weight excluding hydrogens is 364 g/mol. The van der Waals surface area contributed by atoms with Crippen LogP contribution in [0.3, 0.4) is 0 Å². The number of carbonyl (C=O) groups is 2. The number of benzene rings is 1. The number of carbonyl (C=O) groups excluding carboxylic acids is 2. The predicted octanol–water partition coefficient (Wildman–Crippen LogP) is 5.77. The minimum Gasteiger partial charge on any atom is -0.491 e. The van der Waals surface area contributed by atoms with E-state index in [0.29, 0.717) is 5.75 Å². The van der Waals surface area contributed by atoms with Gasteiger partial charge >= 0.3 is 12.1 Å². The van der Waals surface area contributed by atoms with Crippen molar-refractivity contribution in [3.63, 3.8) is 0 Å². The standard InChI is InChI=1S/C21H32O7/c1-4-5-6-7-8-9-10-11-16-24-21(23)27-28-26-20(22)18-12-14-19(15-13-18)25-17(2)3/h12-15,17H,4-11,16H2,1-3H3. The van der Waals surface area contributed by atoms with Crippen LogP contribution in [0.25, 0.3) is 0 Å². The van der Waals surface area contributed by atoms with Crippen LogP contribution in [0.4, 0.5) is 4.79 Å². The highest BCUT2D eigenvalue weighted by molar-refractivity contribution is 5.89. The molecule has 1 aromatic rings. The normalized spacial score (nSPS) is 10.6. The highest BCUT2D eigenvalue weighted by atomic mass is 17.5. The smallest absolute Gasteiger partial charge is 0.491 e. The molecule has 7 nitrogen and oxygen atoms in total. The van der Waals surface area contributed by atoms with Crippen molar-refractivity contribution in [2.45, 2.75) is 78.2 Å². The first-order valence-electron chi connectivity index (χ1n) is 10.0. The molecule has 7 heteroatoms. The minimum absolute atomic E-state index is 0.0337. The summed E-state index contributed by atoms with van der Waals surface area (Å²) in [5.74, 6) is -0.166. The Balaban J connectivity index is 2.07. The quantitative estimate of drug-likeness (QED) is 0.171. The summed E-state index contributed by atoms with van der Waals surface area (Å²) >= 11 is 0. The summed E-state index contributed by atoms with van der Waals surface area (Å²) in [5, 5.41) is 4.18. The first-order chi connectivity index (χ1) is 13.5. The van der Waals surface area contributed by atoms with Crippen LogP contribution in [0.15, 0.2) is 24.3 Å². The van der Waals surface area contributed by atoms with Gasteiger partial charge in [0.15, 0.2) is 0 Å². The Hall–Kier alpha value is -2.28. The zero-order chi connectivity index (χ0) is 20.6. The molecule has 0 saturated heterocycles. The molecule has 28 heavy (non-hydrogen) atoms. The van der Waals surface area contributed by atoms with Gasteiger partial charge in [0.1, 0.15) is 5.75 Å². The Labute approximate surface area is 167 Å². The summed E-state index contributed by atoms with van der Waals surface area (Å²) in [4.78, 5) is 31.8. The van der Waals surface area contributed by atoms with E-state index in [4.69, 9.17) is 9.47 Å². The molecule has 0 aliphatic carbocycles. The Morgan fingerprint density at radius 3 is 2.07 bits per heavy atom. The number of ether oxygens (including phenoxy) is 2. The highest BCUT2D eigenvalue weighted by Crippen LogP contribution is 2.14. The second-order valence-electron chi connectivity index (χ2n) is 6.79. The van der Waals surface area contributed by atoms with E-state index in [0.717, 1.165) is 19.3 Å². The van der Waals surface area contributed by atoms with Gasteiger partial charge in [0.2, 0.25) is 0 Å². The maximum Gasteiger partial charge on any atom is 0.543 e. The van der Waals surface area contributed by atoms with Gasteiger partial charge in [0.25, 0.3) is 0 Å². The third-order valence-electron chi connectivity index (χ3n) is 3.89. The molecular formula is C21H32O7. The molecule has 1 aromatic carbocycles. The first-order valence-corrected chi connectivity index (χ1v) is 10.0. The maximum absolute atomic E-state index is 11.8. The molecule has 0 amide bonds. The Morgan fingerprint density at radius 1 is 0.857 bits per heavy atom. The first kappa shape index (κ1) is 23.8. The lowest BCUT2D eigenvalue weighted by molar-refractivity contribution is -0.452. The third kappa shape index (κ3) is 11.4. The van der Waals surface area contributed by atoms with E-state index in [9.17, 15) is 9.59 Å². The third-order valence-corrected chi connectivity index (χ3v) is 3.89. The van der Waals surface area contributed by atoms with Crippen LogP contribution in [0.5, 0.6) is 5.75 Å². The molecule has 0 atom stereocenters. The van der Waals surface area contributed by atoms with E-state index in [1.54, 1.807) is 12.1 Å². The van der Waals surface area contributed by atoms with Gasteiger partial charge in [0, 0.05) is 0 Å². The van der Waals surface area contributed by atoms with E-state index in [1.807, 2.05) is 13.8 Å². The molecule has 0 saturated carbocycles. The summed E-state index contributed by atoms with van der Waals surface area (Å²) in [6.07, 6.45) is 8.13. The van der Waals surface area contributed by atoms with Crippen LogP contribution in [-0.2, 0) is 19.6 Å². The number of hydrogen-bond acceptors (Lipinski definition) is 7. The monoisotopic (exact) mass is 396 g/mol. The predicted molar refractivity (Wildman–Crippen MR) is 104 cm³/mol. The van der Waals surface area contributed by atoms with E-state index in [-0.39, 0.29) is 18.3 Å². The fourth-order valence-electron chi connectivity index (χ4n) is 2.48. The average molecular weight is 396 g/mol. The molecule has 0 N–H and O–H groups in total. The van der Waals surface area contributed by atoms with Crippen LogP contribution in [0.1, 0.15) is 82.5 Å². The van der Waals surface area contributed by atoms with Gasteiger partial charge < -0.3 is 9.47 Å². The van der Waals surface area contributed by atoms with Crippen molar-refractivity contribution in [1.29, 1.82) is 0 Å². The zero-order valence-electron chi connectivity index (χ0n) is 17.1. The van der Waals surface area contributed by atoms with Crippen LogP contribution in [0, 0.1) is 0 Å². The summed E-state index contributed by atoms with van der Waals surface area (Å²) in [6, 6.07) is 6.30. The van der Waals surface area contributed by atoms with Crippen LogP contribution in [-0.4, -0.2) is 24.8 Å². The van der Waals surface area contributed by atoms with Gasteiger partial charge in [-0.25, -0.2) is 14.5 Å². The van der Waals surface area contributed by atoms with Crippen molar-refractivity contribution in [3.05, 3.63) is 29.8 Å². The van der Waals surface area contributed by atoms with Gasteiger partial charge in [-0.3, -0.25) is 4.89 Å². The van der Waals surface area contributed by atoms with Crippen molar-refractivity contribution in [1.82, 2.24) is 0 Å². The topological polar surface area (TPSA) is 80.3 Å². The average Bonchev–Trinajstić information content (AvgIpc) is 2.66. The summed E-state index contributed by atoms with van der Waals surface area (Å²) in [5.41, 5.74) is 0.229. The van der Waals surface area contributed by atoms with Gasteiger partial charge in [0.05, 0.1) is 23.3 Å². The van der Waals surface area contributed by atoms with Gasteiger partial charge in [-0.15, -0.1) is 0 Å². The molecule has 0 fully saturated rings. The molecule has 158 valence electrons. The molecule has 0 aromatic heterocycles. The second-order valence-corrected chi connectivity index (χ2v) is 6.79. The Bertz CT molecular complexity index is 554. The lowest BCUT2D eigenvalue weighted by Crippen LogP contribution is -2.12. The van der Waals surface area contributed by atoms with Crippen molar-refractivity contribution < 1.29 is 33.9 Å². The van der Waals surface area contributed by atoms with E-state index >= 15 is 0 Å². The SMILES string of the molecule is CCCCCCCCCCOC(=O)OOOC(=O)c1ccc(OC(C)C)cc1. The molecule has 0 aliphatic heterocycles. The van der Waals surface area contributed by atoms with E-state index in [1.165, 1.54) is 44.2 Å². The summed E-state index contributed by atoms with van der Waals surface area (Å²) < 4.78 is 10.3. The van der Waals surface area contributed by atoms with Crippen LogP contribution >= 0.6 is 0 Å². The lowest BCUT2D eigenvalue weighted by atomic mass is 10.1. The van der Waals surface area contributed by atoms with Crippen LogP contribution < -0.4 is 4.74 Å². The molecule has 0 aliphatic rings. The molecule has 0 unspecified atom stereocenters. The number of unbranched alkanes of at least 4 members (excludes halogenated alkanes) is 7. The fourth-order valence-corrected chi connectivity index (χ4v) is 2.48. The van der Waals surface area contributed by atoms with E-state index in [2.05, 4.69) is 21.7 Å². The Kier molecular flexibility index (Phi) is 12.5. The lowest BCUT2D eigenvalue weighted by Gasteiger charge is -2.09. The number of rotatable bonds is 14. The molecule has 1 rings (SSSR count). The van der Waals surface area contributed by atoms with Crippen molar-refractivity contribution in [2.75, 3.05) is 6.61 Å². The van der Waals surface area contributed by atoms with Crippen LogP contribution in [0.2, 0.25) is 0 Å². The van der Waals surface area contributed by atoms with Crippen molar-refractivity contribution in [3.8, 4) is 5.75 Å². The summed E-state index contributed by atoms with van der Waals surface area (Å²) in [6.45, 7) is 6.24. The van der Waals surface area contributed by atoms with Gasteiger partial charge in [-0.2, -0.15) is 0 Å². The zero-order valence-corrected chi connectivity index (χ0v) is 17.1.